The number of benzene rings is 2. The molecule has 1 aliphatic heterocycles. The minimum atomic E-state index is 0.0943. The van der Waals surface area contributed by atoms with Crippen LogP contribution >= 0.6 is 0 Å². The van der Waals surface area contributed by atoms with Gasteiger partial charge in [-0.2, -0.15) is 0 Å². The van der Waals surface area contributed by atoms with E-state index < -0.39 is 0 Å². The van der Waals surface area contributed by atoms with Crippen LogP contribution < -0.4 is 4.90 Å². The summed E-state index contributed by atoms with van der Waals surface area (Å²) in [7, 11) is 1.82. The van der Waals surface area contributed by atoms with Gasteiger partial charge in [-0.25, -0.2) is 0 Å². The fraction of sp³-hybridized carbons (Fsp3) is 0.0833. The maximum Gasteiger partial charge on any atom is 0.258 e. The van der Waals surface area contributed by atoms with Gasteiger partial charge in [0.15, 0.2) is 0 Å². The molecular formula is C12H9NO. The zero-order chi connectivity index (χ0) is 9.71. The lowest BCUT2D eigenvalue weighted by Crippen LogP contribution is -2.20. The zero-order valence-corrected chi connectivity index (χ0v) is 7.82. The lowest BCUT2D eigenvalue weighted by atomic mass is 10.1. The Morgan fingerprint density at radius 2 is 1.79 bits per heavy atom. The SMILES string of the molecule is CN1C(=O)c2cccc3cccc1c23. The van der Waals surface area contributed by atoms with Crippen LogP contribution in [0, 0.1) is 0 Å². The average Bonchev–Trinajstić information content (AvgIpc) is 2.47. The van der Waals surface area contributed by atoms with Gasteiger partial charge in [0, 0.05) is 18.0 Å². The summed E-state index contributed by atoms with van der Waals surface area (Å²) in [5, 5.41) is 2.22. The Morgan fingerprint density at radius 3 is 2.57 bits per heavy atom. The van der Waals surface area contributed by atoms with Crippen molar-refractivity contribution in [3.05, 3.63) is 42.0 Å². The van der Waals surface area contributed by atoms with Crippen LogP contribution in [0.2, 0.25) is 0 Å². The number of nitrogens with zero attached hydrogens (tertiary/aromatic N) is 1. The van der Waals surface area contributed by atoms with Crippen molar-refractivity contribution < 1.29 is 4.79 Å². The molecule has 0 radical (unpaired) electrons. The number of carbonyl (C=O) groups is 1. The second-order valence-electron chi connectivity index (χ2n) is 3.54. The van der Waals surface area contributed by atoms with E-state index in [4.69, 9.17) is 0 Å². The molecule has 0 saturated heterocycles. The molecular weight excluding hydrogens is 174 g/mol. The Bertz CT molecular complexity index is 540. The van der Waals surface area contributed by atoms with Crippen molar-refractivity contribution in [2.75, 3.05) is 11.9 Å². The lowest BCUT2D eigenvalue weighted by molar-refractivity contribution is 0.0999. The minimum Gasteiger partial charge on any atom is -0.311 e. The summed E-state index contributed by atoms with van der Waals surface area (Å²) in [6.45, 7) is 0. The minimum absolute atomic E-state index is 0.0943. The summed E-state index contributed by atoms with van der Waals surface area (Å²) in [6.07, 6.45) is 0. The highest BCUT2D eigenvalue weighted by Crippen LogP contribution is 2.35. The maximum absolute atomic E-state index is 11.8. The predicted octanol–water partition coefficient (Wildman–Crippen LogP) is 2.43. The normalized spacial score (nSPS) is 14.1. The van der Waals surface area contributed by atoms with Gasteiger partial charge in [0.1, 0.15) is 0 Å². The molecule has 0 atom stereocenters. The van der Waals surface area contributed by atoms with Gasteiger partial charge in [-0.15, -0.1) is 0 Å². The molecule has 0 unspecified atom stereocenters. The van der Waals surface area contributed by atoms with Crippen LogP contribution in [0.25, 0.3) is 10.8 Å². The fourth-order valence-electron chi connectivity index (χ4n) is 2.07. The highest BCUT2D eigenvalue weighted by atomic mass is 16.2. The summed E-state index contributed by atoms with van der Waals surface area (Å²) in [4.78, 5) is 13.5. The number of amides is 1. The number of carbonyl (C=O) groups excluding carboxylic acids is 1. The van der Waals surface area contributed by atoms with Crippen molar-refractivity contribution in [3.8, 4) is 0 Å². The molecule has 2 nitrogen and oxygen atoms in total. The predicted molar refractivity (Wildman–Crippen MR) is 56.7 cm³/mol. The van der Waals surface area contributed by atoms with Gasteiger partial charge >= 0.3 is 0 Å². The van der Waals surface area contributed by atoms with Gasteiger partial charge in [-0.3, -0.25) is 4.79 Å². The molecule has 3 rings (SSSR count). The van der Waals surface area contributed by atoms with Crippen LogP contribution in [0.15, 0.2) is 36.4 Å². The summed E-state index contributed by atoms with van der Waals surface area (Å²) in [5.41, 5.74) is 1.84. The second kappa shape index (κ2) is 2.35. The molecule has 1 aliphatic rings. The molecule has 0 N–H and O–H groups in total. The first-order valence-corrected chi connectivity index (χ1v) is 4.59. The van der Waals surface area contributed by atoms with Gasteiger partial charge in [0.05, 0.1) is 5.69 Å². The zero-order valence-electron chi connectivity index (χ0n) is 7.82. The molecule has 0 bridgehead atoms. The quantitative estimate of drug-likeness (QED) is 0.614. The smallest absolute Gasteiger partial charge is 0.258 e. The Kier molecular flexibility index (Phi) is 1.27. The van der Waals surface area contributed by atoms with Gasteiger partial charge in [-0.1, -0.05) is 24.3 Å². The topological polar surface area (TPSA) is 20.3 Å². The maximum atomic E-state index is 11.8. The van der Waals surface area contributed by atoms with Crippen molar-refractivity contribution >= 4 is 22.4 Å². The molecule has 0 aliphatic carbocycles. The second-order valence-corrected chi connectivity index (χ2v) is 3.54. The molecule has 0 spiro atoms. The third-order valence-corrected chi connectivity index (χ3v) is 2.78. The lowest BCUT2D eigenvalue weighted by Gasteiger charge is -2.08. The van der Waals surface area contributed by atoms with E-state index in [1.165, 1.54) is 0 Å². The Hall–Kier alpha value is -1.83. The number of hydrogen-bond donors (Lipinski definition) is 0. The first-order valence-electron chi connectivity index (χ1n) is 4.59. The first kappa shape index (κ1) is 7.56. The molecule has 14 heavy (non-hydrogen) atoms. The average molecular weight is 183 g/mol. The van der Waals surface area contributed by atoms with Crippen molar-refractivity contribution in [1.29, 1.82) is 0 Å². The van der Waals surface area contributed by atoms with Gasteiger partial charge in [-0.05, 0) is 17.5 Å². The largest absolute Gasteiger partial charge is 0.311 e. The van der Waals surface area contributed by atoms with Crippen molar-refractivity contribution in [1.82, 2.24) is 0 Å². The van der Waals surface area contributed by atoms with Crippen molar-refractivity contribution in [2.24, 2.45) is 0 Å². The Morgan fingerprint density at radius 1 is 1.07 bits per heavy atom. The van der Waals surface area contributed by atoms with E-state index >= 15 is 0 Å². The summed E-state index contributed by atoms with van der Waals surface area (Å²) in [6, 6.07) is 11.9. The van der Waals surface area contributed by atoms with E-state index in [2.05, 4.69) is 0 Å². The van der Waals surface area contributed by atoms with Crippen LogP contribution in [-0.4, -0.2) is 13.0 Å². The molecule has 0 fully saturated rings. The molecule has 2 aromatic rings. The molecule has 1 heterocycles. The molecule has 68 valence electrons. The monoisotopic (exact) mass is 183 g/mol. The molecule has 0 aromatic heterocycles. The van der Waals surface area contributed by atoms with Crippen LogP contribution in [-0.2, 0) is 0 Å². The summed E-state index contributed by atoms with van der Waals surface area (Å²) in [5.74, 6) is 0.0943. The summed E-state index contributed by atoms with van der Waals surface area (Å²) < 4.78 is 0. The number of rotatable bonds is 0. The van der Waals surface area contributed by atoms with Gasteiger partial charge in [0.25, 0.3) is 5.91 Å². The standard InChI is InChI=1S/C12H9NO/c1-13-10-7-3-5-8-4-2-6-9(11(8)10)12(13)14/h2-7H,1H3. The highest BCUT2D eigenvalue weighted by molar-refractivity contribution is 6.24. The van der Waals surface area contributed by atoms with E-state index in [9.17, 15) is 4.79 Å². The van der Waals surface area contributed by atoms with E-state index in [1.807, 2.05) is 43.4 Å². The van der Waals surface area contributed by atoms with Crippen LogP contribution in [0.1, 0.15) is 10.4 Å². The molecule has 2 aromatic carbocycles. The van der Waals surface area contributed by atoms with E-state index in [0.717, 1.165) is 22.0 Å². The fourth-order valence-corrected chi connectivity index (χ4v) is 2.07. The van der Waals surface area contributed by atoms with E-state index in [0.29, 0.717) is 0 Å². The number of anilines is 1. The van der Waals surface area contributed by atoms with Crippen molar-refractivity contribution in [3.63, 3.8) is 0 Å². The van der Waals surface area contributed by atoms with Crippen LogP contribution in [0.3, 0.4) is 0 Å². The number of hydrogen-bond acceptors (Lipinski definition) is 1. The Balaban J connectivity index is 2.55. The first-order chi connectivity index (χ1) is 6.79. The Labute approximate surface area is 81.8 Å². The van der Waals surface area contributed by atoms with Gasteiger partial charge in [0.2, 0.25) is 0 Å². The van der Waals surface area contributed by atoms with Gasteiger partial charge < -0.3 is 4.90 Å². The third-order valence-electron chi connectivity index (χ3n) is 2.78. The van der Waals surface area contributed by atoms with Crippen molar-refractivity contribution in [2.45, 2.75) is 0 Å². The molecule has 0 saturated carbocycles. The highest BCUT2D eigenvalue weighted by Gasteiger charge is 2.25. The van der Waals surface area contributed by atoms with Crippen LogP contribution in [0.5, 0.6) is 0 Å². The molecule has 1 amide bonds. The third kappa shape index (κ3) is 0.732. The van der Waals surface area contributed by atoms with E-state index in [1.54, 1.807) is 4.90 Å². The van der Waals surface area contributed by atoms with E-state index in [-0.39, 0.29) is 5.91 Å². The molecule has 2 heteroatoms. The van der Waals surface area contributed by atoms with Crippen LogP contribution in [0.4, 0.5) is 5.69 Å². The summed E-state index contributed by atoms with van der Waals surface area (Å²) >= 11 is 0.